The number of rotatable bonds is 4. The Morgan fingerprint density at radius 2 is 2.14 bits per heavy atom. The molecule has 1 aromatic carbocycles. The maximum atomic E-state index is 13.2. The number of amides is 3. The molecule has 0 aliphatic rings. The van der Waals surface area contributed by atoms with Gasteiger partial charge in [0.25, 0.3) is 0 Å². The van der Waals surface area contributed by atoms with E-state index >= 15 is 0 Å². The Bertz CT molecular complexity index is 696. The molecule has 1 unspecified atom stereocenters. The Labute approximate surface area is 120 Å². The summed E-state index contributed by atoms with van der Waals surface area (Å²) >= 11 is 0. The zero-order valence-corrected chi connectivity index (χ0v) is 11.7. The van der Waals surface area contributed by atoms with Crippen LogP contribution in [0.5, 0.6) is 0 Å². The van der Waals surface area contributed by atoms with E-state index in [4.69, 9.17) is 10.2 Å². The molecule has 112 valence electrons. The van der Waals surface area contributed by atoms with Gasteiger partial charge in [0.15, 0.2) is 0 Å². The van der Waals surface area contributed by atoms with E-state index in [1.54, 1.807) is 19.9 Å². The van der Waals surface area contributed by atoms with Gasteiger partial charge < -0.3 is 20.8 Å². The molecule has 3 amide bonds. The number of carbonyl (C=O) groups excluding carboxylic acids is 2. The van der Waals surface area contributed by atoms with Gasteiger partial charge in [-0.1, -0.05) is 0 Å². The molecule has 6 nitrogen and oxygen atoms in total. The zero-order chi connectivity index (χ0) is 15.6. The lowest BCUT2D eigenvalue weighted by Gasteiger charge is -2.12. The summed E-state index contributed by atoms with van der Waals surface area (Å²) in [5.41, 5.74) is 6.21. The minimum Gasteiger partial charge on any atom is -0.459 e. The topological polar surface area (TPSA) is 97.4 Å². The summed E-state index contributed by atoms with van der Waals surface area (Å²) in [6.45, 7) is 3.32. The first-order valence-electron chi connectivity index (χ1n) is 6.39. The van der Waals surface area contributed by atoms with Crippen LogP contribution in [-0.4, -0.2) is 18.5 Å². The van der Waals surface area contributed by atoms with Crippen LogP contribution >= 0.6 is 0 Å². The third kappa shape index (κ3) is 3.31. The fourth-order valence-corrected chi connectivity index (χ4v) is 2.15. The molecule has 1 atom stereocenters. The van der Waals surface area contributed by atoms with E-state index in [1.807, 2.05) is 0 Å². The minimum absolute atomic E-state index is 0.215. The van der Waals surface area contributed by atoms with E-state index in [2.05, 4.69) is 10.6 Å². The molecule has 7 heteroatoms. The van der Waals surface area contributed by atoms with Crippen LogP contribution < -0.4 is 16.4 Å². The molecular formula is C14H16FN3O3. The van der Waals surface area contributed by atoms with Crippen LogP contribution in [0, 0.1) is 12.7 Å². The third-order valence-corrected chi connectivity index (χ3v) is 3.13. The zero-order valence-electron chi connectivity index (χ0n) is 11.7. The van der Waals surface area contributed by atoms with Crippen molar-refractivity contribution in [3.8, 4) is 0 Å². The average Bonchev–Trinajstić information content (AvgIpc) is 2.74. The second-order valence-corrected chi connectivity index (χ2v) is 4.74. The van der Waals surface area contributed by atoms with Gasteiger partial charge in [-0.2, -0.15) is 0 Å². The number of hydrogen-bond donors (Lipinski definition) is 3. The van der Waals surface area contributed by atoms with Crippen LogP contribution in [0.2, 0.25) is 0 Å². The van der Waals surface area contributed by atoms with Crippen molar-refractivity contribution in [1.29, 1.82) is 0 Å². The van der Waals surface area contributed by atoms with E-state index in [1.165, 1.54) is 12.1 Å². The first-order valence-corrected chi connectivity index (χ1v) is 6.39. The highest BCUT2D eigenvalue weighted by Gasteiger charge is 2.18. The molecule has 21 heavy (non-hydrogen) atoms. The average molecular weight is 293 g/mol. The summed E-state index contributed by atoms with van der Waals surface area (Å²) in [5, 5.41) is 5.54. The van der Waals surface area contributed by atoms with Gasteiger partial charge in [-0.05, 0) is 32.0 Å². The van der Waals surface area contributed by atoms with E-state index < -0.39 is 18.0 Å². The van der Waals surface area contributed by atoms with E-state index in [0.29, 0.717) is 16.7 Å². The highest BCUT2D eigenvalue weighted by molar-refractivity contribution is 5.84. The minimum atomic E-state index is -0.770. The number of halogens is 1. The Balaban J connectivity index is 2.16. The number of hydrogen-bond acceptors (Lipinski definition) is 3. The molecule has 0 saturated carbocycles. The molecule has 0 spiro atoms. The maximum absolute atomic E-state index is 13.2. The summed E-state index contributed by atoms with van der Waals surface area (Å²) in [6, 6.07) is 3.07. The summed E-state index contributed by atoms with van der Waals surface area (Å²) in [6.07, 6.45) is 0. The predicted molar refractivity (Wildman–Crippen MR) is 75.1 cm³/mol. The van der Waals surface area contributed by atoms with Crippen molar-refractivity contribution in [3.05, 3.63) is 35.3 Å². The molecule has 0 fully saturated rings. The second-order valence-electron chi connectivity index (χ2n) is 4.74. The number of primary amides is 1. The van der Waals surface area contributed by atoms with Gasteiger partial charge >= 0.3 is 6.03 Å². The molecule has 0 aliphatic heterocycles. The fourth-order valence-electron chi connectivity index (χ4n) is 2.15. The lowest BCUT2D eigenvalue weighted by molar-refractivity contribution is -0.120. The lowest BCUT2D eigenvalue weighted by atomic mass is 10.1. The van der Waals surface area contributed by atoms with Crippen molar-refractivity contribution in [2.24, 2.45) is 5.73 Å². The summed E-state index contributed by atoms with van der Waals surface area (Å²) in [5.74, 6) is -0.198. The van der Waals surface area contributed by atoms with Crippen LogP contribution in [0.15, 0.2) is 22.6 Å². The summed E-state index contributed by atoms with van der Waals surface area (Å²) in [4.78, 5) is 22.2. The molecule has 1 heterocycles. The monoisotopic (exact) mass is 293 g/mol. The first-order chi connectivity index (χ1) is 9.88. The SMILES string of the molecule is Cc1c(C(C)NC(=O)CNC(N)=O)oc2ccc(F)cc12. The number of nitrogens with two attached hydrogens (primary N) is 1. The summed E-state index contributed by atoms with van der Waals surface area (Å²) in [7, 11) is 0. The Kier molecular flexibility index (Phi) is 4.11. The van der Waals surface area contributed by atoms with Crippen molar-refractivity contribution in [1.82, 2.24) is 10.6 Å². The number of aryl methyl sites for hydroxylation is 1. The number of carbonyl (C=O) groups is 2. The van der Waals surface area contributed by atoms with Crippen molar-refractivity contribution in [3.63, 3.8) is 0 Å². The van der Waals surface area contributed by atoms with Crippen LogP contribution in [0.25, 0.3) is 11.0 Å². The third-order valence-electron chi connectivity index (χ3n) is 3.13. The molecular weight excluding hydrogens is 277 g/mol. The molecule has 0 saturated heterocycles. The lowest BCUT2D eigenvalue weighted by Crippen LogP contribution is -2.40. The van der Waals surface area contributed by atoms with Crippen LogP contribution in [-0.2, 0) is 4.79 Å². The van der Waals surface area contributed by atoms with E-state index in [-0.39, 0.29) is 12.4 Å². The van der Waals surface area contributed by atoms with Gasteiger partial charge in [-0.3, -0.25) is 4.79 Å². The first kappa shape index (κ1) is 14.8. The predicted octanol–water partition coefficient (Wildman–Crippen LogP) is 1.73. The standard InChI is InChI=1S/C14H16FN3O3/c1-7-10-5-9(15)3-4-11(10)21-13(7)8(2)18-12(19)6-17-14(16)20/h3-5,8H,6H2,1-2H3,(H,18,19)(H3,16,17,20). The van der Waals surface area contributed by atoms with Crippen molar-refractivity contribution >= 4 is 22.9 Å². The van der Waals surface area contributed by atoms with Crippen molar-refractivity contribution in [2.75, 3.05) is 6.54 Å². The maximum Gasteiger partial charge on any atom is 0.312 e. The van der Waals surface area contributed by atoms with Crippen molar-refractivity contribution in [2.45, 2.75) is 19.9 Å². The Morgan fingerprint density at radius 1 is 1.43 bits per heavy atom. The molecule has 2 rings (SSSR count). The largest absolute Gasteiger partial charge is 0.459 e. The number of urea groups is 1. The van der Waals surface area contributed by atoms with Gasteiger partial charge in [-0.25, -0.2) is 9.18 Å². The molecule has 0 radical (unpaired) electrons. The van der Waals surface area contributed by atoms with Crippen LogP contribution in [0.1, 0.15) is 24.3 Å². The van der Waals surface area contributed by atoms with Crippen molar-refractivity contribution < 1.29 is 18.4 Å². The highest BCUT2D eigenvalue weighted by Crippen LogP contribution is 2.29. The fraction of sp³-hybridized carbons (Fsp3) is 0.286. The van der Waals surface area contributed by atoms with Gasteiger partial charge in [0.05, 0.1) is 12.6 Å². The summed E-state index contributed by atoms with van der Waals surface area (Å²) < 4.78 is 18.9. The molecule has 0 aliphatic carbocycles. The van der Waals surface area contributed by atoms with E-state index in [9.17, 15) is 14.0 Å². The van der Waals surface area contributed by atoms with Crippen LogP contribution in [0.4, 0.5) is 9.18 Å². The molecule has 2 aromatic rings. The number of fused-ring (bicyclic) bond motifs is 1. The van der Waals surface area contributed by atoms with Gasteiger partial charge in [0.1, 0.15) is 17.2 Å². The number of nitrogens with one attached hydrogen (secondary N) is 2. The quantitative estimate of drug-likeness (QED) is 0.800. The highest BCUT2D eigenvalue weighted by atomic mass is 19.1. The normalized spacial score (nSPS) is 12.1. The second kappa shape index (κ2) is 5.82. The molecule has 0 bridgehead atoms. The molecule has 4 N–H and O–H groups in total. The Hall–Kier alpha value is -2.57. The smallest absolute Gasteiger partial charge is 0.312 e. The number of benzene rings is 1. The molecule has 1 aromatic heterocycles. The van der Waals surface area contributed by atoms with Gasteiger partial charge in [-0.15, -0.1) is 0 Å². The van der Waals surface area contributed by atoms with Gasteiger partial charge in [0, 0.05) is 10.9 Å². The van der Waals surface area contributed by atoms with E-state index in [0.717, 1.165) is 5.56 Å². The Morgan fingerprint density at radius 3 is 2.81 bits per heavy atom. The van der Waals surface area contributed by atoms with Crippen LogP contribution in [0.3, 0.4) is 0 Å². The van der Waals surface area contributed by atoms with Gasteiger partial charge in [0.2, 0.25) is 5.91 Å². The number of furan rings is 1.